The quantitative estimate of drug-likeness (QED) is 0.578. The van der Waals surface area contributed by atoms with Gasteiger partial charge in [-0.15, -0.1) is 0 Å². The lowest BCUT2D eigenvalue weighted by molar-refractivity contribution is 0.0971. The molecule has 0 saturated heterocycles. The van der Waals surface area contributed by atoms with Gasteiger partial charge in [0.05, 0.1) is 11.1 Å². The van der Waals surface area contributed by atoms with E-state index in [0.29, 0.717) is 6.42 Å². The number of unbranched alkanes of at least 4 members (excludes halogenated alkanes) is 1. The lowest BCUT2D eigenvalue weighted by atomic mass is 9.83. The average Bonchev–Trinajstić information content (AvgIpc) is 2.59. The first-order valence-corrected chi connectivity index (χ1v) is 7.61. The molecule has 0 atom stereocenters. The number of benzene rings is 2. The van der Waals surface area contributed by atoms with Crippen LogP contribution in [0.2, 0.25) is 0 Å². The Morgan fingerprint density at radius 3 is 1.96 bits per heavy atom. The van der Waals surface area contributed by atoms with Gasteiger partial charge in [0.15, 0.2) is 29.0 Å². The predicted molar refractivity (Wildman–Crippen MR) is 83.0 cm³/mol. The zero-order valence-electron chi connectivity index (χ0n) is 12.9. The molecule has 24 heavy (non-hydrogen) atoms. The standard InChI is InChI=1S/C18H14F3NO2/c1-2-3-8-22-16-14(20)12-11(13(19)15(16)21)17(23)9-6-4-5-7-10(9)18(12)24/h4-7,22H,2-3,8H2,1H3. The normalized spacial score (nSPS) is 12.8. The molecular formula is C18H14F3NO2. The number of nitrogens with one attached hydrogen (secondary N) is 1. The summed E-state index contributed by atoms with van der Waals surface area (Å²) in [6, 6.07) is 5.72. The molecular weight excluding hydrogens is 319 g/mol. The molecule has 0 saturated carbocycles. The van der Waals surface area contributed by atoms with E-state index in [2.05, 4.69) is 5.32 Å². The number of carbonyl (C=O) groups is 2. The van der Waals surface area contributed by atoms with Crippen molar-refractivity contribution >= 4 is 17.3 Å². The molecule has 0 bridgehead atoms. The van der Waals surface area contributed by atoms with Crippen molar-refractivity contribution in [3.8, 4) is 0 Å². The summed E-state index contributed by atoms with van der Waals surface area (Å²) in [4.78, 5) is 24.9. The van der Waals surface area contributed by atoms with Gasteiger partial charge in [0.2, 0.25) is 0 Å². The Morgan fingerprint density at radius 1 is 0.875 bits per heavy atom. The number of anilines is 1. The highest BCUT2D eigenvalue weighted by molar-refractivity contribution is 6.28. The van der Waals surface area contributed by atoms with E-state index in [1.165, 1.54) is 24.3 Å². The number of halogens is 3. The minimum absolute atomic E-state index is 0.0144. The van der Waals surface area contributed by atoms with Crippen LogP contribution >= 0.6 is 0 Å². The van der Waals surface area contributed by atoms with Gasteiger partial charge in [-0.05, 0) is 6.42 Å². The lowest BCUT2D eigenvalue weighted by Gasteiger charge is -2.21. The fraction of sp³-hybridized carbons (Fsp3) is 0.222. The van der Waals surface area contributed by atoms with Crippen LogP contribution in [0.25, 0.3) is 0 Å². The number of fused-ring (bicyclic) bond motifs is 2. The Hall–Kier alpha value is -2.63. The van der Waals surface area contributed by atoms with Crippen LogP contribution in [0.1, 0.15) is 51.6 Å². The van der Waals surface area contributed by atoms with Gasteiger partial charge in [0, 0.05) is 17.7 Å². The number of hydrogen-bond donors (Lipinski definition) is 1. The Kier molecular flexibility index (Phi) is 4.13. The molecule has 0 heterocycles. The van der Waals surface area contributed by atoms with Crippen LogP contribution < -0.4 is 5.32 Å². The van der Waals surface area contributed by atoms with Crippen LogP contribution in [0.15, 0.2) is 24.3 Å². The van der Waals surface area contributed by atoms with Crippen molar-refractivity contribution in [2.75, 3.05) is 11.9 Å². The zero-order valence-corrected chi connectivity index (χ0v) is 12.9. The maximum atomic E-state index is 14.7. The molecule has 1 aliphatic carbocycles. The summed E-state index contributed by atoms with van der Waals surface area (Å²) in [5.74, 6) is -5.93. The van der Waals surface area contributed by atoms with Gasteiger partial charge >= 0.3 is 0 Å². The SMILES string of the molecule is CCCCNc1c(F)c(F)c2c(c1F)C(=O)c1ccccc1C2=O. The van der Waals surface area contributed by atoms with E-state index in [-0.39, 0.29) is 17.7 Å². The van der Waals surface area contributed by atoms with Crippen molar-refractivity contribution in [3.63, 3.8) is 0 Å². The van der Waals surface area contributed by atoms with E-state index in [0.717, 1.165) is 6.42 Å². The van der Waals surface area contributed by atoms with Crippen molar-refractivity contribution in [2.24, 2.45) is 0 Å². The molecule has 3 rings (SSSR count). The van der Waals surface area contributed by atoms with Gasteiger partial charge < -0.3 is 5.32 Å². The zero-order chi connectivity index (χ0) is 17.4. The summed E-state index contributed by atoms with van der Waals surface area (Å²) in [5, 5.41) is 2.48. The molecule has 0 aliphatic heterocycles. The molecule has 0 aromatic heterocycles. The Labute approximate surface area is 136 Å². The number of carbonyl (C=O) groups excluding carboxylic acids is 2. The molecule has 2 aromatic rings. The fourth-order valence-corrected chi connectivity index (χ4v) is 2.78. The van der Waals surface area contributed by atoms with E-state index in [1.54, 1.807) is 0 Å². The molecule has 0 radical (unpaired) electrons. The maximum Gasteiger partial charge on any atom is 0.197 e. The van der Waals surface area contributed by atoms with Gasteiger partial charge in [-0.1, -0.05) is 37.6 Å². The van der Waals surface area contributed by atoms with E-state index < -0.39 is 45.8 Å². The van der Waals surface area contributed by atoms with Crippen molar-refractivity contribution in [1.82, 2.24) is 0 Å². The van der Waals surface area contributed by atoms with Crippen LogP contribution in [-0.2, 0) is 0 Å². The van der Waals surface area contributed by atoms with E-state index >= 15 is 0 Å². The Morgan fingerprint density at radius 2 is 1.42 bits per heavy atom. The topological polar surface area (TPSA) is 46.2 Å². The number of rotatable bonds is 4. The molecule has 1 aliphatic rings. The monoisotopic (exact) mass is 333 g/mol. The summed E-state index contributed by atoms with van der Waals surface area (Å²) in [6.45, 7) is 2.11. The third kappa shape index (κ3) is 2.29. The second-order valence-electron chi connectivity index (χ2n) is 5.55. The molecule has 0 spiro atoms. The third-order valence-electron chi connectivity index (χ3n) is 4.02. The minimum Gasteiger partial charge on any atom is -0.380 e. The molecule has 1 N–H and O–H groups in total. The number of ketones is 2. The first-order chi connectivity index (χ1) is 11.5. The van der Waals surface area contributed by atoms with Gasteiger partial charge in [-0.2, -0.15) is 0 Å². The molecule has 0 amide bonds. The summed E-state index contributed by atoms with van der Waals surface area (Å²) >= 11 is 0. The maximum absolute atomic E-state index is 14.7. The van der Waals surface area contributed by atoms with Gasteiger partial charge in [-0.25, -0.2) is 13.2 Å². The summed E-state index contributed by atoms with van der Waals surface area (Å²) in [5.41, 5.74) is -2.33. The van der Waals surface area contributed by atoms with Gasteiger partial charge in [0.1, 0.15) is 5.69 Å². The van der Waals surface area contributed by atoms with Crippen molar-refractivity contribution in [2.45, 2.75) is 19.8 Å². The van der Waals surface area contributed by atoms with Crippen LogP contribution in [0.3, 0.4) is 0 Å². The van der Waals surface area contributed by atoms with E-state index in [4.69, 9.17) is 0 Å². The highest BCUT2D eigenvalue weighted by Crippen LogP contribution is 2.36. The first-order valence-electron chi connectivity index (χ1n) is 7.61. The Balaban J connectivity index is 2.22. The highest BCUT2D eigenvalue weighted by atomic mass is 19.2. The third-order valence-corrected chi connectivity index (χ3v) is 4.02. The van der Waals surface area contributed by atoms with Gasteiger partial charge in [-0.3, -0.25) is 9.59 Å². The number of hydrogen-bond acceptors (Lipinski definition) is 3. The Bertz CT molecular complexity index is 862. The second-order valence-corrected chi connectivity index (χ2v) is 5.55. The van der Waals surface area contributed by atoms with Crippen LogP contribution in [0.4, 0.5) is 18.9 Å². The van der Waals surface area contributed by atoms with Crippen molar-refractivity contribution in [1.29, 1.82) is 0 Å². The molecule has 124 valence electrons. The summed E-state index contributed by atoms with van der Waals surface area (Å²) in [6.07, 6.45) is 1.39. The smallest absolute Gasteiger partial charge is 0.197 e. The lowest BCUT2D eigenvalue weighted by Crippen LogP contribution is -2.26. The average molecular weight is 333 g/mol. The first kappa shape index (κ1) is 16.2. The van der Waals surface area contributed by atoms with E-state index in [1.807, 2.05) is 6.92 Å². The predicted octanol–water partition coefficient (Wildman–Crippen LogP) is 4.09. The van der Waals surface area contributed by atoms with Crippen LogP contribution in [-0.4, -0.2) is 18.1 Å². The highest BCUT2D eigenvalue weighted by Gasteiger charge is 2.38. The largest absolute Gasteiger partial charge is 0.380 e. The molecule has 2 aromatic carbocycles. The van der Waals surface area contributed by atoms with Crippen LogP contribution in [0.5, 0.6) is 0 Å². The van der Waals surface area contributed by atoms with Crippen LogP contribution in [0, 0.1) is 17.5 Å². The molecule has 3 nitrogen and oxygen atoms in total. The van der Waals surface area contributed by atoms with Gasteiger partial charge in [0.25, 0.3) is 0 Å². The minimum atomic E-state index is -1.50. The summed E-state index contributed by atoms with van der Waals surface area (Å²) in [7, 11) is 0. The second kappa shape index (κ2) is 6.11. The summed E-state index contributed by atoms with van der Waals surface area (Å²) < 4.78 is 43.3. The molecule has 6 heteroatoms. The molecule has 0 unspecified atom stereocenters. The van der Waals surface area contributed by atoms with E-state index in [9.17, 15) is 22.8 Å². The molecule has 0 fully saturated rings. The van der Waals surface area contributed by atoms with Crippen molar-refractivity contribution < 1.29 is 22.8 Å². The fourth-order valence-electron chi connectivity index (χ4n) is 2.78. The van der Waals surface area contributed by atoms with Crippen molar-refractivity contribution in [3.05, 3.63) is 64.0 Å².